The molecule has 0 saturated heterocycles. The van der Waals surface area contributed by atoms with Crippen LogP contribution in [0.3, 0.4) is 0 Å². The third-order valence-corrected chi connectivity index (χ3v) is 2.04. The zero-order valence-electron chi connectivity index (χ0n) is 8.16. The Kier molecular flexibility index (Phi) is 3.54. The minimum atomic E-state index is -4.33. The molecule has 1 atom stereocenters. The standard InChI is InChI=1S/C10H10F3NO2/c11-10(12,13)5-8(14)6-1-3-7(4-2-6)9(15)16/h1-4,8H,5,14H2,(H,15,16)/t8-/m1/s1. The van der Waals surface area contributed by atoms with Gasteiger partial charge in [0.25, 0.3) is 0 Å². The highest BCUT2D eigenvalue weighted by atomic mass is 19.4. The van der Waals surface area contributed by atoms with Crippen molar-refractivity contribution in [3.8, 4) is 0 Å². The first-order chi connectivity index (χ1) is 7.29. The first kappa shape index (κ1) is 12.5. The van der Waals surface area contributed by atoms with Crippen LogP contribution in [-0.4, -0.2) is 17.3 Å². The maximum Gasteiger partial charge on any atom is 0.390 e. The Balaban J connectivity index is 2.78. The summed E-state index contributed by atoms with van der Waals surface area (Å²) in [6.45, 7) is 0. The zero-order valence-corrected chi connectivity index (χ0v) is 8.16. The number of alkyl halides is 3. The molecule has 0 unspecified atom stereocenters. The van der Waals surface area contributed by atoms with E-state index in [2.05, 4.69) is 0 Å². The van der Waals surface area contributed by atoms with Gasteiger partial charge in [-0.25, -0.2) is 4.79 Å². The number of nitrogens with two attached hydrogens (primary N) is 1. The van der Waals surface area contributed by atoms with Gasteiger partial charge in [0.15, 0.2) is 0 Å². The van der Waals surface area contributed by atoms with Gasteiger partial charge in [-0.05, 0) is 17.7 Å². The van der Waals surface area contributed by atoms with E-state index in [9.17, 15) is 18.0 Å². The smallest absolute Gasteiger partial charge is 0.390 e. The summed E-state index contributed by atoms with van der Waals surface area (Å²) >= 11 is 0. The number of rotatable bonds is 3. The summed E-state index contributed by atoms with van der Waals surface area (Å²) in [7, 11) is 0. The lowest BCUT2D eigenvalue weighted by atomic mass is 10.0. The fourth-order valence-corrected chi connectivity index (χ4v) is 1.24. The van der Waals surface area contributed by atoms with Crippen molar-refractivity contribution in [3.05, 3.63) is 35.4 Å². The molecule has 0 saturated carbocycles. The van der Waals surface area contributed by atoms with E-state index < -0.39 is 24.6 Å². The fourth-order valence-electron chi connectivity index (χ4n) is 1.24. The van der Waals surface area contributed by atoms with Crippen molar-refractivity contribution in [2.24, 2.45) is 5.73 Å². The second-order valence-electron chi connectivity index (χ2n) is 3.35. The number of carboxylic acid groups (broad SMARTS) is 1. The molecule has 0 aromatic heterocycles. The molecular weight excluding hydrogens is 223 g/mol. The highest BCUT2D eigenvalue weighted by Crippen LogP contribution is 2.27. The van der Waals surface area contributed by atoms with E-state index in [0.29, 0.717) is 0 Å². The Morgan fingerprint density at radius 1 is 1.31 bits per heavy atom. The lowest BCUT2D eigenvalue weighted by Crippen LogP contribution is -2.20. The first-order valence-corrected chi connectivity index (χ1v) is 4.45. The molecule has 1 aromatic rings. The third kappa shape index (κ3) is 3.54. The molecule has 0 bridgehead atoms. The summed E-state index contributed by atoms with van der Waals surface area (Å²) in [5, 5.41) is 8.59. The van der Waals surface area contributed by atoms with Crippen molar-refractivity contribution >= 4 is 5.97 Å². The molecule has 0 spiro atoms. The fraction of sp³-hybridized carbons (Fsp3) is 0.300. The predicted octanol–water partition coefficient (Wildman–Crippen LogP) is 2.34. The van der Waals surface area contributed by atoms with Crippen LogP contribution >= 0.6 is 0 Å². The largest absolute Gasteiger partial charge is 0.478 e. The van der Waals surface area contributed by atoms with Crippen LogP contribution in [0.15, 0.2) is 24.3 Å². The van der Waals surface area contributed by atoms with Gasteiger partial charge in [0.1, 0.15) is 0 Å². The number of hydrogen-bond donors (Lipinski definition) is 2. The Hall–Kier alpha value is -1.56. The van der Waals surface area contributed by atoms with Crippen LogP contribution in [0, 0.1) is 0 Å². The number of benzene rings is 1. The van der Waals surface area contributed by atoms with E-state index >= 15 is 0 Å². The van der Waals surface area contributed by atoms with Crippen molar-refractivity contribution in [2.75, 3.05) is 0 Å². The molecule has 0 aliphatic rings. The molecule has 0 radical (unpaired) electrons. The minimum absolute atomic E-state index is 0.0166. The van der Waals surface area contributed by atoms with Crippen LogP contribution in [0.2, 0.25) is 0 Å². The Morgan fingerprint density at radius 3 is 2.19 bits per heavy atom. The second kappa shape index (κ2) is 4.52. The van der Waals surface area contributed by atoms with Gasteiger partial charge in [0.2, 0.25) is 0 Å². The molecule has 3 N–H and O–H groups in total. The average molecular weight is 233 g/mol. The molecule has 0 aliphatic carbocycles. The third-order valence-electron chi connectivity index (χ3n) is 2.04. The Bertz CT molecular complexity index is 373. The van der Waals surface area contributed by atoms with Crippen LogP contribution in [-0.2, 0) is 0 Å². The highest BCUT2D eigenvalue weighted by Gasteiger charge is 2.30. The van der Waals surface area contributed by atoms with Gasteiger partial charge in [-0.15, -0.1) is 0 Å². The minimum Gasteiger partial charge on any atom is -0.478 e. The summed E-state index contributed by atoms with van der Waals surface area (Å²) in [4.78, 5) is 10.5. The SMILES string of the molecule is N[C@H](CC(F)(F)F)c1ccc(C(=O)O)cc1. The molecular formula is C10H10F3NO2. The predicted molar refractivity (Wildman–Crippen MR) is 51.0 cm³/mol. The van der Waals surface area contributed by atoms with Crippen molar-refractivity contribution in [1.29, 1.82) is 0 Å². The van der Waals surface area contributed by atoms with Crippen molar-refractivity contribution in [2.45, 2.75) is 18.6 Å². The normalized spacial score (nSPS) is 13.5. The molecule has 1 aromatic carbocycles. The van der Waals surface area contributed by atoms with Gasteiger partial charge in [0, 0.05) is 6.04 Å². The Morgan fingerprint density at radius 2 is 1.81 bits per heavy atom. The van der Waals surface area contributed by atoms with E-state index in [1.807, 2.05) is 0 Å². The van der Waals surface area contributed by atoms with Gasteiger partial charge in [-0.2, -0.15) is 13.2 Å². The Labute approximate surface area is 89.7 Å². The van der Waals surface area contributed by atoms with Crippen LogP contribution in [0.25, 0.3) is 0 Å². The average Bonchev–Trinajstić information content (AvgIpc) is 2.15. The van der Waals surface area contributed by atoms with Gasteiger partial charge < -0.3 is 10.8 Å². The van der Waals surface area contributed by atoms with Gasteiger partial charge in [-0.1, -0.05) is 12.1 Å². The van der Waals surface area contributed by atoms with E-state index in [1.54, 1.807) is 0 Å². The van der Waals surface area contributed by atoms with Gasteiger partial charge in [-0.3, -0.25) is 0 Å². The lowest BCUT2D eigenvalue weighted by molar-refractivity contribution is -0.138. The molecule has 6 heteroatoms. The molecule has 0 heterocycles. The summed E-state index contributed by atoms with van der Waals surface area (Å²) < 4.78 is 36.1. The maximum atomic E-state index is 12.0. The number of carboxylic acids is 1. The molecule has 16 heavy (non-hydrogen) atoms. The quantitative estimate of drug-likeness (QED) is 0.842. The molecule has 0 amide bonds. The highest BCUT2D eigenvalue weighted by molar-refractivity contribution is 5.87. The molecule has 88 valence electrons. The van der Waals surface area contributed by atoms with Crippen molar-refractivity contribution < 1.29 is 23.1 Å². The van der Waals surface area contributed by atoms with Gasteiger partial charge >= 0.3 is 12.1 Å². The number of carbonyl (C=O) groups is 1. The van der Waals surface area contributed by atoms with E-state index in [1.165, 1.54) is 24.3 Å². The number of aromatic carboxylic acids is 1. The molecule has 0 fully saturated rings. The van der Waals surface area contributed by atoms with Crippen molar-refractivity contribution in [3.63, 3.8) is 0 Å². The molecule has 0 aliphatic heterocycles. The van der Waals surface area contributed by atoms with Crippen LogP contribution in [0.4, 0.5) is 13.2 Å². The van der Waals surface area contributed by atoms with E-state index in [-0.39, 0.29) is 11.1 Å². The topological polar surface area (TPSA) is 63.3 Å². The monoisotopic (exact) mass is 233 g/mol. The van der Waals surface area contributed by atoms with Crippen LogP contribution in [0.1, 0.15) is 28.4 Å². The van der Waals surface area contributed by atoms with E-state index in [0.717, 1.165) is 0 Å². The number of halogens is 3. The number of hydrogen-bond acceptors (Lipinski definition) is 2. The van der Waals surface area contributed by atoms with Crippen LogP contribution < -0.4 is 5.73 Å². The lowest BCUT2D eigenvalue weighted by Gasteiger charge is -2.14. The molecule has 3 nitrogen and oxygen atoms in total. The first-order valence-electron chi connectivity index (χ1n) is 4.45. The maximum absolute atomic E-state index is 12.0. The van der Waals surface area contributed by atoms with E-state index in [4.69, 9.17) is 10.8 Å². The van der Waals surface area contributed by atoms with Crippen molar-refractivity contribution in [1.82, 2.24) is 0 Å². The summed E-state index contributed by atoms with van der Waals surface area (Å²) in [6, 6.07) is 3.88. The zero-order chi connectivity index (χ0) is 12.3. The second-order valence-corrected chi connectivity index (χ2v) is 3.35. The summed E-state index contributed by atoms with van der Waals surface area (Å²) in [5.74, 6) is -1.13. The van der Waals surface area contributed by atoms with Crippen LogP contribution in [0.5, 0.6) is 0 Å². The summed E-state index contributed by atoms with van der Waals surface area (Å²) in [6.07, 6.45) is -5.45. The molecule has 1 rings (SSSR count). The summed E-state index contributed by atoms with van der Waals surface area (Å²) in [5.41, 5.74) is 5.62. The van der Waals surface area contributed by atoms with Gasteiger partial charge in [0.05, 0.1) is 12.0 Å².